The number of nitrogens with zero attached hydrogens (tertiary/aromatic N) is 1. The zero-order valence-electron chi connectivity index (χ0n) is 13.1. The average Bonchev–Trinajstić information content (AvgIpc) is 3.04. The van der Waals surface area contributed by atoms with Gasteiger partial charge >= 0.3 is 11.9 Å². The maximum absolute atomic E-state index is 12.3. The molecule has 10 heteroatoms. The van der Waals surface area contributed by atoms with Gasteiger partial charge in [0.25, 0.3) is 5.91 Å². The van der Waals surface area contributed by atoms with E-state index < -0.39 is 29.3 Å². The van der Waals surface area contributed by atoms with Crippen LogP contribution in [0.5, 0.6) is 0 Å². The summed E-state index contributed by atoms with van der Waals surface area (Å²) in [4.78, 5) is 49.0. The van der Waals surface area contributed by atoms with Crippen LogP contribution in [0.4, 0.5) is 0 Å². The number of esters is 1. The minimum atomic E-state index is -1.35. The van der Waals surface area contributed by atoms with Gasteiger partial charge in [-0.3, -0.25) is 19.3 Å². The van der Waals surface area contributed by atoms with E-state index in [1.807, 2.05) is 17.5 Å². The highest BCUT2D eigenvalue weighted by Gasteiger charge is 2.54. The summed E-state index contributed by atoms with van der Waals surface area (Å²) in [6.07, 6.45) is 0.166. The number of ether oxygens (including phenoxy) is 1. The highest BCUT2D eigenvalue weighted by Crippen LogP contribution is 2.40. The van der Waals surface area contributed by atoms with Crippen LogP contribution < -0.4 is 5.32 Å². The third kappa shape index (κ3) is 3.40. The number of fused-ring (bicyclic) bond motifs is 1. The number of thioether (sulfide) groups is 1. The fraction of sp³-hybridized carbons (Fsp3) is 0.333. The maximum atomic E-state index is 12.3. The normalized spacial score (nSPS) is 22.1. The lowest BCUT2D eigenvalue weighted by atomic mass is 10.0. The number of carbonyl (C=O) groups excluding carboxylic acids is 3. The molecular formula is C15H14N2O6S2. The Labute approximate surface area is 150 Å². The molecule has 0 aromatic carbocycles. The summed E-state index contributed by atoms with van der Waals surface area (Å²) in [5.74, 6) is -2.75. The lowest BCUT2D eigenvalue weighted by molar-refractivity contribution is -0.151. The number of aliphatic carboxylic acids is 1. The summed E-state index contributed by atoms with van der Waals surface area (Å²) in [6.45, 7) is 1.16. The molecule has 2 aliphatic rings. The van der Waals surface area contributed by atoms with Crippen LogP contribution in [-0.2, 0) is 30.3 Å². The topological polar surface area (TPSA) is 113 Å². The zero-order chi connectivity index (χ0) is 18.1. The van der Waals surface area contributed by atoms with Gasteiger partial charge in [-0.1, -0.05) is 6.07 Å². The summed E-state index contributed by atoms with van der Waals surface area (Å²) < 4.78 is 4.91. The van der Waals surface area contributed by atoms with Crippen molar-refractivity contribution in [3.8, 4) is 0 Å². The maximum Gasteiger partial charge on any atom is 0.356 e. The number of carbonyl (C=O) groups is 4. The molecule has 1 fully saturated rings. The van der Waals surface area contributed by atoms with E-state index in [-0.39, 0.29) is 29.5 Å². The number of rotatable bonds is 5. The molecule has 2 N–H and O–H groups in total. The van der Waals surface area contributed by atoms with Crippen LogP contribution in [0.15, 0.2) is 29.0 Å². The van der Waals surface area contributed by atoms with Gasteiger partial charge in [0, 0.05) is 11.8 Å². The third-order valence-corrected chi connectivity index (χ3v) is 5.76. The van der Waals surface area contributed by atoms with E-state index in [1.54, 1.807) is 0 Å². The van der Waals surface area contributed by atoms with Crippen molar-refractivity contribution < 1.29 is 29.0 Å². The molecule has 3 heterocycles. The van der Waals surface area contributed by atoms with Crippen molar-refractivity contribution in [2.75, 3.05) is 5.75 Å². The fourth-order valence-electron chi connectivity index (χ4n) is 2.64. The van der Waals surface area contributed by atoms with E-state index in [9.17, 15) is 24.3 Å². The van der Waals surface area contributed by atoms with Crippen molar-refractivity contribution in [3.05, 3.63) is 33.8 Å². The van der Waals surface area contributed by atoms with E-state index in [0.29, 0.717) is 0 Å². The molecule has 0 saturated carbocycles. The third-order valence-electron chi connectivity index (χ3n) is 3.63. The molecule has 3 rings (SSSR count). The number of hydrogen-bond acceptors (Lipinski definition) is 7. The molecular weight excluding hydrogens is 368 g/mol. The molecule has 132 valence electrons. The Kier molecular flexibility index (Phi) is 4.82. The van der Waals surface area contributed by atoms with Crippen LogP contribution in [-0.4, -0.2) is 50.9 Å². The number of nitrogens with one attached hydrogen (secondary N) is 1. The van der Waals surface area contributed by atoms with Crippen LogP contribution in [0.2, 0.25) is 0 Å². The van der Waals surface area contributed by atoms with Crippen LogP contribution in [0.3, 0.4) is 0 Å². The lowest BCUT2D eigenvalue weighted by Crippen LogP contribution is -2.70. The van der Waals surface area contributed by atoms with Crippen LogP contribution in [0.25, 0.3) is 0 Å². The Bertz CT molecular complexity index is 773. The van der Waals surface area contributed by atoms with Gasteiger partial charge in [0.15, 0.2) is 5.70 Å². The SMILES string of the molecule is CC(=O)OC1=C(C(=O)O)N2C(=O)C(NC(=O)Cc3cccs3)[C@H]2SC1. The van der Waals surface area contributed by atoms with Gasteiger partial charge in [0.05, 0.1) is 12.2 Å². The summed E-state index contributed by atoms with van der Waals surface area (Å²) in [5.41, 5.74) is -0.340. The molecule has 1 aromatic heterocycles. The van der Waals surface area contributed by atoms with Gasteiger partial charge in [-0.15, -0.1) is 23.1 Å². The first kappa shape index (κ1) is 17.5. The van der Waals surface area contributed by atoms with E-state index in [0.717, 1.165) is 16.7 Å². The first-order valence-corrected chi connectivity index (χ1v) is 9.22. The first-order chi connectivity index (χ1) is 11.9. The Hall–Kier alpha value is -2.33. The number of carboxylic acids is 1. The number of carboxylic acid groups (broad SMARTS) is 1. The van der Waals surface area contributed by atoms with Crippen molar-refractivity contribution in [2.24, 2.45) is 0 Å². The minimum absolute atomic E-state index is 0.0574. The van der Waals surface area contributed by atoms with Gasteiger partial charge in [-0.25, -0.2) is 4.79 Å². The van der Waals surface area contributed by atoms with Crippen molar-refractivity contribution in [1.29, 1.82) is 0 Å². The Morgan fingerprint density at radius 1 is 1.44 bits per heavy atom. The van der Waals surface area contributed by atoms with Gasteiger partial charge < -0.3 is 15.2 Å². The second kappa shape index (κ2) is 6.89. The number of amides is 2. The van der Waals surface area contributed by atoms with Crippen molar-refractivity contribution in [3.63, 3.8) is 0 Å². The molecule has 1 unspecified atom stereocenters. The summed E-state index contributed by atoms with van der Waals surface area (Å²) in [5, 5.41) is 13.3. The first-order valence-electron chi connectivity index (χ1n) is 7.29. The highest BCUT2D eigenvalue weighted by molar-refractivity contribution is 8.00. The van der Waals surface area contributed by atoms with Crippen molar-refractivity contribution in [2.45, 2.75) is 24.8 Å². The molecule has 8 nitrogen and oxygen atoms in total. The van der Waals surface area contributed by atoms with Crippen molar-refractivity contribution >= 4 is 46.9 Å². The van der Waals surface area contributed by atoms with Crippen LogP contribution in [0.1, 0.15) is 11.8 Å². The van der Waals surface area contributed by atoms with Crippen LogP contribution in [0, 0.1) is 0 Å². The van der Waals surface area contributed by atoms with Crippen LogP contribution >= 0.6 is 23.1 Å². The fourth-order valence-corrected chi connectivity index (χ4v) is 4.60. The van der Waals surface area contributed by atoms with Gasteiger partial charge in [0.1, 0.15) is 17.2 Å². The largest absolute Gasteiger partial charge is 0.476 e. The second-order valence-electron chi connectivity index (χ2n) is 5.38. The summed E-state index contributed by atoms with van der Waals surface area (Å²) >= 11 is 2.68. The monoisotopic (exact) mass is 382 g/mol. The molecule has 0 bridgehead atoms. The van der Waals surface area contributed by atoms with Gasteiger partial charge in [-0.05, 0) is 11.4 Å². The molecule has 2 atom stereocenters. The van der Waals surface area contributed by atoms with E-state index >= 15 is 0 Å². The zero-order valence-corrected chi connectivity index (χ0v) is 14.7. The minimum Gasteiger partial charge on any atom is -0.476 e. The molecule has 2 aliphatic heterocycles. The molecule has 0 spiro atoms. The van der Waals surface area contributed by atoms with E-state index in [1.165, 1.54) is 23.1 Å². The second-order valence-corrected chi connectivity index (χ2v) is 7.52. The number of hydrogen-bond donors (Lipinski definition) is 2. The summed E-state index contributed by atoms with van der Waals surface area (Å²) in [7, 11) is 0. The van der Waals surface area contributed by atoms with E-state index in [2.05, 4.69) is 5.32 Å². The smallest absolute Gasteiger partial charge is 0.356 e. The van der Waals surface area contributed by atoms with Gasteiger partial charge in [-0.2, -0.15) is 0 Å². The number of β-lactam (4-membered cyclic amide) rings is 1. The van der Waals surface area contributed by atoms with Gasteiger partial charge in [0.2, 0.25) is 5.91 Å². The van der Waals surface area contributed by atoms with Crippen molar-refractivity contribution in [1.82, 2.24) is 10.2 Å². The Balaban J connectivity index is 1.72. The number of thiophene rings is 1. The quantitative estimate of drug-likeness (QED) is 0.565. The predicted molar refractivity (Wildman–Crippen MR) is 89.5 cm³/mol. The Morgan fingerprint density at radius 3 is 2.80 bits per heavy atom. The molecule has 0 aliphatic carbocycles. The van der Waals surface area contributed by atoms with E-state index in [4.69, 9.17) is 4.74 Å². The molecule has 2 amide bonds. The molecule has 25 heavy (non-hydrogen) atoms. The standard InChI is InChI=1S/C15H14N2O6S2/c1-7(18)23-9-6-25-14-11(13(20)17(14)12(9)15(21)22)16-10(19)5-8-3-2-4-24-8/h2-4,11,14H,5-6H2,1H3,(H,16,19)(H,21,22)/t11?,14-/m1/s1. The average molecular weight is 382 g/mol. The molecule has 0 radical (unpaired) electrons. The summed E-state index contributed by atoms with van der Waals surface area (Å²) in [6, 6.07) is 2.87. The predicted octanol–water partition coefficient (Wildman–Crippen LogP) is 0.550. The Morgan fingerprint density at radius 2 is 2.20 bits per heavy atom. The lowest BCUT2D eigenvalue weighted by Gasteiger charge is -2.48. The molecule has 1 saturated heterocycles. The highest BCUT2D eigenvalue weighted by atomic mass is 32.2. The molecule has 1 aromatic rings.